The third-order valence-electron chi connectivity index (χ3n) is 2.10. The lowest BCUT2D eigenvalue weighted by molar-refractivity contribution is -0.142. The molecular weight excluding hydrogens is 304 g/mol. The first kappa shape index (κ1) is 14.8. The van der Waals surface area contributed by atoms with Gasteiger partial charge in [-0.05, 0) is 22.0 Å². The van der Waals surface area contributed by atoms with E-state index in [9.17, 15) is 4.79 Å². The van der Waals surface area contributed by atoms with E-state index >= 15 is 0 Å². The molecule has 1 aromatic rings. The van der Waals surface area contributed by atoms with E-state index in [4.69, 9.17) is 18.9 Å². The number of benzene rings is 1. The van der Waals surface area contributed by atoms with E-state index in [0.29, 0.717) is 11.5 Å². The largest absolute Gasteiger partial charge is 0.495 e. The lowest BCUT2D eigenvalue weighted by Crippen LogP contribution is -2.05. The summed E-state index contributed by atoms with van der Waals surface area (Å²) >= 11 is 3.36. The smallest absolute Gasteiger partial charge is 0.302 e. The number of ether oxygens (including phenoxy) is 4. The SMILES string of the molecule is COCOc1cc(OC)c(Br)cc1COC(C)=O. The van der Waals surface area contributed by atoms with Gasteiger partial charge in [0.15, 0.2) is 6.79 Å². The second-order valence-electron chi connectivity index (χ2n) is 3.43. The summed E-state index contributed by atoms with van der Waals surface area (Å²) in [6.07, 6.45) is 0. The lowest BCUT2D eigenvalue weighted by Gasteiger charge is -2.13. The van der Waals surface area contributed by atoms with Gasteiger partial charge in [-0.15, -0.1) is 0 Å². The normalized spacial score (nSPS) is 10.0. The van der Waals surface area contributed by atoms with Crippen molar-refractivity contribution in [3.8, 4) is 11.5 Å². The number of rotatable bonds is 6. The van der Waals surface area contributed by atoms with Gasteiger partial charge in [0.2, 0.25) is 0 Å². The molecule has 0 spiro atoms. The van der Waals surface area contributed by atoms with E-state index in [-0.39, 0.29) is 19.4 Å². The van der Waals surface area contributed by atoms with E-state index in [2.05, 4.69) is 15.9 Å². The maximum absolute atomic E-state index is 10.8. The van der Waals surface area contributed by atoms with Crippen molar-refractivity contribution in [3.05, 3.63) is 22.2 Å². The fraction of sp³-hybridized carbons (Fsp3) is 0.417. The highest BCUT2D eigenvalue weighted by atomic mass is 79.9. The van der Waals surface area contributed by atoms with E-state index in [1.807, 2.05) is 0 Å². The fourth-order valence-electron chi connectivity index (χ4n) is 1.28. The van der Waals surface area contributed by atoms with Gasteiger partial charge < -0.3 is 18.9 Å². The molecule has 0 atom stereocenters. The van der Waals surface area contributed by atoms with Gasteiger partial charge in [0, 0.05) is 25.7 Å². The maximum Gasteiger partial charge on any atom is 0.302 e. The predicted molar refractivity (Wildman–Crippen MR) is 68.7 cm³/mol. The molecular formula is C12H15BrO5. The quantitative estimate of drug-likeness (QED) is 0.596. The minimum absolute atomic E-state index is 0.109. The van der Waals surface area contributed by atoms with Gasteiger partial charge >= 0.3 is 5.97 Å². The van der Waals surface area contributed by atoms with Crippen molar-refractivity contribution in [2.45, 2.75) is 13.5 Å². The Kier molecular flexibility index (Phi) is 5.94. The third kappa shape index (κ3) is 4.19. The maximum atomic E-state index is 10.8. The van der Waals surface area contributed by atoms with Crippen molar-refractivity contribution in [1.82, 2.24) is 0 Å². The Balaban J connectivity index is 2.96. The topological polar surface area (TPSA) is 54.0 Å². The fourth-order valence-corrected chi connectivity index (χ4v) is 1.83. The van der Waals surface area contributed by atoms with Gasteiger partial charge in [-0.1, -0.05) is 0 Å². The van der Waals surface area contributed by atoms with Crippen LogP contribution in [0.3, 0.4) is 0 Å². The second kappa shape index (κ2) is 7.23. The number of hydrogen-bond acceptors (Lipinski definition) is 5. The number of halogens is 1. The zero-order valence-electron chi connectivity index (χ0n) is 10.5. The highest BCUT2D eigenvalue weighted by Crippen LogP contribution is 2.33. The van der Waals surface area contributed by atoms with Crippen LogP contribution in [0.15, 0.2) is 16.6 Å². The molecule has 18 heavy (non-hydrogen) atoms. The summed E-state index contributed by atoms with van der Waals surface area (Å²) in [6, 6.07) is 3.49. The Morgan fingerprint density at radius 3 is 2.56 bits per heavy atom. The van der Waals surface area contributed by atoms with Crippen molar-refractivity contribution in [1.29, 1.82) is 0 Å². The van der Waals surface area contributed by atoms with Crippen LogP contribution in [0.25, 0.3) is 0 Å². The Bertz CT molecular complexity index is 419. The van der Waals surface area contributed by atoms with E-state index < -0.39 is 0 Å². The Labute approximate surface area is 114 Å². The van der Waals surface area contributed by atoms with Crippen LogP contribution in [0.5, 0.6) is 11.5 Å². The van der Waals surface area contributed by atoms with Gasteiger partial charge in [-0.3, -0.25) is 4.79 Å². The molecule has 0 N–H and O–H groups in total. The number of methoxy groups -OCH3 is 2. The van der Waals surface area contributed by atoms with Crippen LogP contribution >= 0.6 is 15.9 Å². The van der Waals surface area contributed by atoms with Gasteiger partial charge in [-0.2, -0.15) is 0 Å². The van der Waals surface area contributed by atoms with Crippen LogP contribution in [0.2, 0.25) is 0 Å². The minimum Gasteiger partial charge on any atom is -0.495 e. The third-order valence-corrected chi connectivity index (χ3v) is 2.72. The van der Waals surface area contributed by atoms with Crippen molar-refractivity contribution < 1.29 is 23.7 Å². The number of carbonyl (C=O) groups is 1. The molecule has 0 saturated carbocycles. The minimum atomic E-state index is -0.348. The van der Waals surface area contributed by atoms with Crippen molar-refractivity contribution >= 4 is 21.9 Å². The van der Waals surface area contributed by atoms with Gasteiger partial charge in [0.1, 0.15) is 18.1 Å². The summed E-state index contributed by atoms with van der Waals surface area (Å²) in [6.45, 7) is 1.60. The monoisotopic (exact) mass is 318 g/mol. The molecule has 0 aliphatic rings. The molecule has 0 radical (unpaired) electrons. The Hall–Kier alpha value is -1.27. The van der Waals surface area contributed by atoms with Crippen LogP contribution in [-0.2, 0) is 20.9 Å². The first-order valence-corrected chi connectivity index (χ1v) is 5.99. The molecule has 1 aromatic carbocycles. The molecule has 0 aliphatic carbocycles. The molecule has 0 unspecified atom stereocenters. The molecule has 5 nitrogen and oxygen atoms in total. The van der Waals surface area contributed by atoms with E-state index in [0.717, 1.165) is 10.0 Å². The number of esters is 1. The number of hydrogen-bond donors (Lipinski definition) is 0. The van der Waals surface area contributed by atoms with Crippen molar-refractivity contribution in [3.63, 3.8) is 0 Å². The zero-order chi connectivity index (χ0) is 13.5. The second-order valence-corrected chi connectivity index (χ2v) is 4.28. The summed E-state index contributed by atoms with van der Waals surface area (Å²) in [7, 11) is 3.09. The summed E-state index contributed by atoms with van der Waals surface area (Å²) in [5.41, 5.74) is 0.731. The first-order valence-electron chi connectivity index (χ1n) is 5.20. The molecule has 6 heteroatoms. The zero-order valence-corrected chi connectivity index (χ0v) is 12.1. The molecule has 0 amide bonds. The molecule has 0 bridgehead atoms. The van der Waals surface area contributed by atoms with Gasteiger partial charge in [-0.25, -0.2) is 0 Å². The summed E-state index contributed by atoms with van der Waals surface area (Å²) in [4.78, 5) is 10.8. The predicted octanol–water partition coefficient (Wildman–Crippen LogP) is 2.50. The Morgan fingerprint density at radius 1 is 1.28 bits per heavy atom. The number of carbonyl (C=O) groups excluding carboxylic acids is 1. The summed E-state index contributed by atoms with van der Waals surface area (Å²) in [5.74, 6) is 0.838. The highest BCUT2D eigenvalue weighted by molar-refractivity contribution is 9.10. The summed E-state index contributed by atoms with van der Waals surface area (Å²) in [5, 5.41) is 0. The molecule has 0 fully saturated rings. The molecule has 0 saturated heterocycles. The standard InChI is InChI=1S/C12H15BrO5/c1-8(14)17-6-9-4-10(13)12(16-3)5-11(9)18-7-15-2/h4-5H,6-7H2,1-3H3. The van der Waals surface area contributed by atoms with Gasteiger partial charge in [0.05, 0.1) is 11.6 Å². The van der Waals surface area contributed by atoms with Crippen LogP contribution < -0.4 is 9.47 Å². The highest BCUT2D eigenvalue weighted by Gasteiger charge is 2.11. The Morgan fingerprint density at radius 2 is 2.00 bits per heavy atom. The van der Waals surface area contributed by atoms with Crippen LogP contribution in [-0.4, -0.2) is 27.0 Å². The molecule has 0 heterocycles. The average molecular weight is 319 g/mol. The van der Waals surface area contributed by atoms with E-state index in [1.165, 1.54) is 14.0 Å². The molecule has 1 rings (SSSR count). The molecule has 0 aliphatic heterocycles. The van der Waals surface area contributed by atoms with Crippen molar-refractivity contribution in [2.75, 3.05) is 21.0 Å². The molecule has 0 aromatic heterocycles. The van der Waals surface area contributed by atoms with Crippen LogP contribution in [0.4, 0.5) is 0 Å². The van der Waals surface area contributed by atoms with Crippen molar-refractivity contribution in [2.24, 2.45) is 0 Å². The van der Waals surface area contributed by atoms with Crippen LogP contribution in [0, 0.1) is 0 Å². The first-order chi connectivity index (χ1) is 8.58. The summed E-state index contributed by atoms with van der Waals surface area (Å²) < 4.78 is 21.1. The van der Waals surface area contributed by atoms with Crippen LogP contribution in [0.1, 0.15) is 12.5 Å². The van der Waals surface area contributed by atoms with E-state index in [1.54, 1.807) is 19.2 Å². The van der Waals surface area contributed by atoms with Gasteiger partial charge in [0.25, 0.3) is 0 Å². The molecule has 100 valence electrons. The average Bonchev–Trinajstić information content (AvgIpc) is 2.34. The lowest BCUT2D eigenvalue weighted by atomic mass is 10.2.